The first-order valence-corrected chi connectivity index (χ1v) is 18.5. The Balaban J connectivity index is 0.00000442. The zero-order valence-corrected chi connectivity index (χ0v) is 29.9. The molecular weight excluding hydrogens is 653 g/mol. The van der Waals surface area contributed by atoms with E-state index in [0.29, 0.717) is 37.3 Å². The SMILES string of the molecule is CC/C(=C\c1sc2ccc(Cl)cc2c1CCCCS(=O)(=O)O)CC1Oc2ccc3ccccc3c2N1CCCS(=O)(=O)[O-].[Na+]. The fraction of sp³-hybridized carbons (Fsp3) is 0.355. The number of hydrogen-bond acceptors (Lipinski definition) is 8. The van der Waals surface area contributed by atoms with Crippen molar-refractivity contribution in [3.63, 3.8) is 0 Å². The molecule has 1 unspecified atom stereocenters. The largest absolute Gasteiger partial charge is 1.00 e. The van der Waals surface area contributed by atoms with Gasteiger partial charge in [-0.05, 0) is 78.8 Å². The normalized spacial score (nSPS) is 15.4. The van der Waals surface area contributed by atoms with Gasteiger partial charge in [0.2, 0.25) is 0 Å². The maximum atomic E-state index is 11.4. The summed E-state index contributed by atoms with van der Waals surface area (Å²) in [5.74, 6) is -0.00280. The maximum Gasteiger partial charge on any atom is 1.00 e. The van der Waals surface area contributed by atoms with E-state index in [2.05, 4.69) is 17.9 Å². The van der Waals surface area contributed by atoms with Crippen molar-refractivity contribution in [2.24, 2.45) is 0 Å². The number of aryl methyl sites for hydroxylation is 1. The van der Waals surface area contributed by atoms with Crippen molar-refractivity contribution in [1.82, 2.24) is 0 Å². The Morgan fingerprint density at radius 3 is 2.55 bits per heavy atom. The number of halogens is 1. The molecule has 4 aromatic rings. The number of benzene rings is 3. The van der Waals surface area contributed by atoms with Crippen LogP contribution in [0, 0.1) is 0 Å². The van der Waals surface area contributed by atoms with E-state index >= 15 is 0 Å². The summed E-state index contributed by atoms with van der Waals surface area (Å²) in [6.07, 6.45) is 4.83. The van der Waals surface area contributed by atoms with Crippen LogP contribution in [0.25, 0.3) is 26.9 Å². The van der Waals surface area contributed by atoms with Crippen LogP contribution in [-0.4, -0.2) is 50.2 Å². The second kappa shape index (κ2) is 14.8. The number of thiophene rings is 1. The molecule has 44 heavy (non-hydrogen) atoms. The molecule has 0 amide bonds. The number of nitrogens with zero attached hydrogens (tertiary/aromatic N) is 1. The van der Waals surface area contributed by atoms with Crippen LogP contribution in [-0.2, 0) is 26.7 Å². The Hall–Kier alpha value is -1.67. The Labute approximate surface area is 289 Å². The predicted octanol–water partition coefficient (Wildman–Crippen LogP) is 4.27. The maximum absolute atomic E-state index is 11.4. The summed E-state index contributed by atoms with van der Waals surface area (Å²) in [6.45, 7) is 2.43. The number of anilines is 1. The van der Waals surface area contributed by atoms with Crippen molar-refractivity contribution in [1.29, 1.82) is 0 Å². The first kappa shape index (κ1) is 35.2. The molecule has 1 aliphatic heterocycles. The van der Waals surface area contributed by atoms with Gasteiger partial charge in [-0.25, -0.2) is 8.42 Å². The molecule has 1 atom stereocenters. The summed E-state index contributed by atoms with van der Waals surface area (Å²) in [6, 6.07) is 17.7. The topological polar surface area (TPSA) is 124 Å². The van der Waals surface area contributed by atoms with Gasteiger partial charge in [0.25, 0.3) is 10.1 Å². The van der Waals surface area contributed by atoms with E-state index in [1.54, 1.807) is 11.3 Å². The van der Waals surface area contributed by atoms with E-state index < -0.39 is 26.0 Å². The first-order valence-electron chi connectivity index (χ1n) is 14.2. The van der Waals surface area contributed by atoms with E-state index in [1.165, 1.54) is 0 Å². The van der Waals surface area contributed by atoms with Crippen molar-refractivity contribution in [3.8, 4) is 5.75 Å². The fourth-order valence-electron chi connectivity index (χ4n) is 5.62. The smallest absolute Gasteiger partial charge is 0.748 e. The van der Waals surface area contributed by atoms with Crippen LogP contribution in [0.1, 0.15) is 49.5 Å². The van der Waals surface area contributed by atoms with Crippen LogP contribution in [0.15, 0.2) is 60.2 Å². The second-order valence-corrected chi connectivity index (χ2v) is 15.3. The van der Waals surface area contributed by atoms with E-state index in [9.17, 15) is 21.4 Å². The van der Waals surface area contributed by atoms with Gasteiger partial charge in [-0.2, -0.15) is 8.42 Å². The molecular formula is C31H33ClNNaO7S3. The van der Waals surface area contributed by atoms with Gasteiger partial charge in [0.05, 0.1) is 21.6 Å². The third-order valence-electron chi connectivity index (χ3n) is 7.64. The molecule has 5 rings (SSSR count). The quantitative estimate of drug-likeness (QED) is 0.126. The number of rotatable bonds is 13. The minimum atomic E-state index is -4.34. The van der Waals surface area contributed by atoms with Crippen molar-refractivity contribution >= 4 is 75.8 Å². The minimum absolute atomic E-state index is 0. The van der Waals surface area contributed by atoms with Crippen molar-refractivity contribution < 1.29 is 60.2 Å². The van der Waals surface area contributed by atoms with Crippen LogP contribution in [0.4, 0.5) is 5.69 Å². The third kappa shape index (κ3) is 8.77. The summed E-state index contributed by atoms with van der Waals surface area (Å²) in [5, 5.41) is 3.70. The number of unbranched alkanes of at least 4 members (excludes halogenated alkanes) is 1. The molecule has 0 bridgehead atoms. The molecule has 1 aliphatic rings. The number of hydrogen-bond donors (Lipinski definition) is 1. The van der Waals surface area contributed by atoms with Crippen molar-refractivity contribution in [2.75, 3.05) is 23.0 Å². The summed E-state index contributed by atoms with van der Waals surface area (Å²) in [5.41, 5.74) is 3.11. The molecule has 0 aliphatic carbocycles. The standard InChI is InChI=1S/C31H34ClNO7S3.Na/c1-2-21(18-29-25(10-5-6-16-42(34,35)36)26-20-23(32)12-14-28(26)41-29)19-30-33(15-7-17-43(37,38)39)31-24-9-4-3-8-22(24)11-13-27(31)40-30;/h3-4,8-9,11-14,18,20,30H,2,5-7,10,15-17,19H2,1H3,(H,34,35,36)(H,37,38,39);/q;+1/p-1/b21-18+;. The first-order chi connectivity index (χ1) is 20.4. The molecule has 8 nitrogen and oxygen atoms in total. The average molecular weight is 686 g/mol. The van der Waals surface area contributed by atoms with Crippen molar-refractivity contribution in [3.05, 3.63) is 75.6 Å². The molecule has 0 fully saturated rings. The van der Waals surface area contributed by atoms with Crippen LogP contribution >= 0.6 is 22.9 Å². The van der Waals surface area contributed by atoms with E-state index in [1.807, 2.05) is 54.6 Å². The molecule has 13 heteroatoms. The van der Waals surface area contributed by atoms with Gasteiger partial charge in [-0.15, -0.1) is 11.3 Å². The molecule has 1 N–H and O–H groups in total. The van der Waals surface area contributed by atoms with Gasteiger partial charge in [0.1, 0.15) is 5.75 Å². The van der Waals surface area contributed by atoms with Gasteiger partial charge in [0, 0.05) is 38.7 Å². The average Bonchev–Trinajstić information content (AvgIpc) is 3.46. The van der Waals surface area contributed by atoms with Gasteiger partial charge in [0.15, 0.2) is 6.23 Å². The molecule has 230 valence electrons. The van der Waals surface area contributed by atoms with Crippen LogP contribution in [0.5, 0.6) is 5.75 Å². The van der Waals surface area contributed by atoms with E-state index in [-0.39, 0.29) is 48.0 Å². The van der Waals surface area contributed by atoms with E-state index in [0.717, 1.165) is 54.7 Å². The molecule has 2 heterocycles. The van der Waals surface area contributed by atoms with Crippen LogP contribution in [0.3, 0.4) is 0 Å². The van der Waals surface area contributed by atoms with Crippen molar-refractivity contribution in [2.45, 2.75) is 51.7 Å². The second-order valence-electron chi connectivity index (χ2n) is 10.7. The van der Waals surface area contributed by atoms with E-state index in [4.69, 9.17) is 20.9 Å². The van der Waals surface area contributed by atoms with Gasteiger partial charge in [-0.1, -0.05) is 54.4 Å². The molecule has 0 saturated heterocycles. The Morgan fingerprint density at radius 1 is 1.05 bits per heavy atom. The summed E-state index contributed by atoms with van der Waals surface area (Å²) >= 11 is 7.98. The Bertz CT molecular complexity index is 1890. The van der Waals surface area contributed by atoms with Crippen LogP contribution in [0.2, 0.25) is 5.02 Å². The Kier molecular flexibility index (Phi) is 11.9. The summed E-state index contributed by atoms with van der Waals surface area (Å²) in [4.78, 5) is 3.14. The molecule has 0 saturated carbocycles. The molecule has 0 spiro atoms. The number of fused-ring (bicyclic) bond motifs is 4. The monoisotopic (exact) mass is 685 g/mol. The Morgan fingerprint density at radius 2 is 1.82 bits per heavy atom. The molecule has 0 radical (unpaired) electrons. The fourth-order valence-corrected chi connectivity index (χ4v) is 8.07. The third-order valence-corrected chi connectivity index (χ3v) is 10.6. The molecule has 3 aromatic carbocycles. The van der Waals surface area contributed by atoms with Gasteiger partial charge in [-0.3, -0.25) is 4.55 Å². The van der Waals surface area contributed by atoms with Crippen LogP contribution < -0.4 is 39.2 Å². The zero-order chi connectivity index (χ0) is 30.8. The van der Waals surface area contributed by atoms with Gasteiger partial charge >= 0.3 is 29.6 Å². The predicted molar refractivity (Wildman–Crippen MR) is 174 cm³/mol. The summed E-state index contributed by atoms with van der Waals surface area (Å²) in [7, 11) is -8.36. The zero-order valence-electron chi connectivity index (χ0n) is 24.7. The van der Waals surface area contributed by atoms with Gasteiger partial charge < -0.3 is 14.2 Å². The minimum Gasteiger partial charge on any atom is -0.748 e. The molecule has 1 aromatic heterocycles. The summed E-state index contributed by atoms with van der Waals surface area (Å²) < 4.78 is 73.3. The number of ether oxygens (including phenoxy) is 1.